The number of carbonyl (C=O) groups excluding carboxylic acids is 1. The van der Waals surface area contributed by atoms with Crippen LogP contribution in [-0.2, 0) is 13.6 Å². The molecule has 23 heavy (non-hydrogen) atoms. The lowest BCUT2D eigenvalue weighted by atomic mass is 9.96. The van der Waals surface area contributed by atoms with Crippen molar-refractivity contribution in [2.75, 3.05) is 19.6 Å². The van der Waals surface area contributed by atoms with Crippen molar-refractivity contribution in [1.82, 2.24) is 30.2 Å². The van der Waals surface area contributed by atoms with Crippen molar-refractivity contribution in [3.8, 4) is 0 Å². The van der Waals surface area contributed by atoms with Crippen LogP contribution in [0.15, 0.2) is 11.6 Å². The second-order valence-corrected chi connectivity index (χ2v) is 7.13. The van der Waals surface area contributed by atoms with Crippen LogP contribution < -0.4 is 5.32 Å². The third kappa shape index (κ3) is 4.35. The van der Waals surface area contributed by atoms with E-state index in [9.17, 15) is 4.79 Å². The van der Waals surface area contributed by atoms with E-state index in [1.807, 2.05) is 6.92 Å². The number of hydrogen-bond acceptors (Lipinski definition) is 6. The summed E-state index contributed by atoms with van der Waals surface area (Å²) in [5.41, 5.74) is 1.55. The molecule has 0 aliphatic carbocycles. The number of piperidine rings is 1. The Balaban J connectivity index is 1.40. The molecular formula is C15H22N6OS. The SMILES string of the molecule is Cc1nc(CN2CCC(CNC(=O)c3cn(C)nn3)CC2)cs1. The topological polar surface area (TPSA) is 75.9 Å². The highest BCUT2D eigenvalue weighted by atomic mass is 32.1. The van der Waals surface area contributed by atoms with Gasteiger partial charge >= 0.3 is 0 Å². The van der Waals surface area contributed by atoms with Gasteiger partial charge in [-0.3, -0.25) is 14.4 Å². The van der Waals surface area contributed by atoms with E-state index >= 15 is 0 Å². The van der Waals surface area contributed by atoms with E-state index in [0.29, 0.717) is 18.2 Å². The number of rotatable bonds is 5. The van der Waals surface area contributed by atoms with Gasteiger partial charge in [0.15, 0.2) is 5.69 Å². The summed E-state index contributed by atoms with van der Waals surface area (Å²) in [7, 11) is 1.75. The number of hydrogen-bond donors (Lipinski definition) is 1. The molecule has 1 amide bonds. The fourth-order valence-corrected chi connectivity index (χ4v) is 3.44. The molecule has 0 spiro atoms. The van der Waals surface area contributed by atoms with Gasteiger partial charge in [-0.05, 0) is 38.8 Å². The second kappa shape index (κ2) is 7.18. The zero-order valence-electron chi connectivity index (χ0n) is 13.5. The summed E-state index contributed by atoms with van der Waals surface area (Å²) < 4.78 is 1.54. The summed E-state index contributed by atoms with van der Waals surface area (Å²) in [5.74, 6) is 0.391. The molecule has 3 rings (SSSR count). The molecule has 1 N–H and O–H groups in total. The summed E-state index contributed by atoms with van der Waals surface area (Å²) in [5, 5.41) is 13.8. The number of nitrogens with one attached hydrogen (secondary N) is 1. The number of aryl methyl sites for hydroxylation is 2. The molecule has 1 saturated heterocycles. The smallest absolute Gasteiger partial charge is 0.273 e. The van der Waals surface area contributed by atoms with Crippen LogP contribution in [0.25, 0.3) is 0 Å². The van der Waals surface area contributed by atoms with Gasteiger partial charge in [-0.25, -0.2) is 4.98 Å². The largest absolute Gasteiger partial charge is 0.350 e. The summed E-state index contributed by atoms with van der Waals surface area (Å²) in [6.45, 7) is 5.80. The highest BCUT2D eigenvalue weighted by Crippen LogP contribution is 2.19. The van der Waals surface area contributed by atoms with Gasteiger partial charge in [-0.15, -0.1) is 16.4 Å². The van der Waals surface area contributed by atoms with Crippen LogP contribution in [0.5, 0.6) is 0 Å². The molecule has 0 radical (unpaired) electrons. The molecule has 0 aromatic carbocycles. The molecule has 0 unspecified atom stereocenters. The monoisotopic (exact) mass is 334 g/mol. The average molecular weight is 334 g/mol. The van der Waals surface area contributed by atoms with E-state index in [-0.39, 0.29) is 5.91 Å². The Morgan fingerprint density at radius 3 is 2.83 bits per heavy atom. The highest BCUT2D eigenvalue weighted by molar-refractivity contribution is 7.09. The number of thiazole rings is 1. The van der Waals surface area contributed by atoms with E-state index in [1.54, 1.807) is 24.6 Å². The van der Waals surface area contributed by atoms with Crippen LogP contribution in [0.3, 0.4) is 0 Å². The van der Waals surface area contributed by atoms with Crippen molar-refractivity contribution in [3.63, 3.8) is 0 Å². The molecule has 0 bridgehead atoms. The van der Waals surface area contributed by atoms with E-state index in [4.69, 9.17) is 0 Å². The Bertz CT molecular complexity index is 658. The number of aromatic nitrogens is 4. The van der Waals surface area contributed by atoms with Crippen LogP contribution in [0, 0.1) is 12.8 Å². The first kappa shape index (κ1) is 16.1. The molecule has 8 heteroatoms. The maximum atomic E-state index is 12.0. The van der Waals surface area contributed by atoms with Gasteiger partial charge in [0.05, 0.1) is 16.9 Å². The van der Waals surface area contributed by atoms with Crippen molar-refractivity contribution in [1.29, 1.82) is 0 Å². The predicted octanol–water partition coefficient (Wildman–Crippen LogP) is 1.22. The minimum absolute atomic E-state index is 0.140. The summed E-state index contributed by atoms with van der Waals surface area (Å²) >= 11 is 1.71. The van der Waals surface area contributed by atoms with Gasteiger partial charge in [0.1, 0.15) is 0 Å². The highest BCUT2D eigenvalue weighted by Gasteiger charge is 2.21. The van der Waals surface area contributed by atoms with Gasteiger partial charge in [-0.2, -0.15) is 0 Å². The standard InChI is InChI=1S/C15H22N6OS/c1-11-17-13(10-23-11)8-21-5-3-12(4-6-21)7-16-15(22)14-9-20(2)19-18-14/h9-10,12H,3-8H2,1-2H3,(H,16,22). The van der Waals surface area contributed by atoms with Gasteiger partial charge in [0, 0.05) is 25.5 Å². The van der Waals surface area contributed by atoms with E-state index in [0.717, 1.165) is 37.5 Å². The van der Waals surface area contributed by atoms with Crippen molar-refractivity contribution in [3.05, 3.63) is 28.0 Å². The Kier molecular flexibility index (Phi) is 5.02. The quantitative estimate of drug-likeness (QED) is 0.890. The third-order valence-corrected chi connectivity index (χ3v) is 4.97. The first-order chi connectivity index (χ1) is 11.1. The van der Waals surface area contributed by atoms with Gasteiger partial charge in [0.25, 0.3) is 5.91 Å². The van der Waals surface area contributed by atoms with Crippen LogP contribution >= 0.6 is 11.3 Å². The van der Waals surface area contributed by atoms with E-state index in [2.05, 4.69) is 30.9 Å². The molecular weight excluding hydrogens is 312 g/mol. The lowest BCUT2D eigenvalue weighted by Gasteiger charge is -2.31. The Hall–Kier alpha value is -1.80. The summed E-state index contributed by atoms with van der Waals surface area (Å²) in [6, 6.07) is 0. The predicted molar refractivity (Wildman–Crippen MR) is 88.2 cm³/mol. The molecule has 1 fully saturated rings. The van der Waals surface area contributed by atoms with Crippen molar-refractivity contribution in [2.24, 2.45) is 13.0 Å². The minimum atomic E-state index is -0.140. The lowest BCUT2D eigenvalue weighted by Crippen LogP contribution is -2.38. The van der Waals surface area contributed by atoms with Crippen LogP contribution in [0.4, 0.5) is 0 Å². The van der Waals surface area contributed by atoms with E-state index in [1.165, 1.54) is 10.4 Å². The zero-order chi connectivity index (χ0) is 16.2. The van der Waals surface area contributed by atoms with Crippen molar-refractivity contribution in [2.45, 2.75) is 26.3 Å². The molecule has 1 aliphatic rings. The summed E-state index contributed by atoms with van der Waals surface area (Å²) in [4.78, 5) is 18.9. The minimum Gasteiger partial charge on any atom is -0.350 e. The number of carbonyl (C=O) groups is 1. The molecule has 3 heterocycles. The molecule has 2 aromatic heterocycles. The van der Waals surface area contributed by atoms with Gasteiger partial charge < -0.3 is 5.32 Å². The number of amides is 1. The van der Waals surface area contributed by atoms with Gasteiger partial charge in [-0.1, -0.05) is 5.21 Å². The molecule has 7 nitrogen and oxygen atoms in total. The molecule has 124 valence electrons. The van der Waals surface area contributed by atoms with Crippen molar-refractivity contribution >= 4 is 17.2 Å². The number of nitrogens with zero attached hydrogens (tertiary/aromatic N) is 5. The van der Waals surface area contributed by atoms with Crippen LogP contribution in [0.2, 0.25) is 0 Å². The Morgan fingerprint density at radius 1 is 1.43 bits per heavy atom. The maximum absolute atomic E-state index is 12.0. The first-order valence-electron chi connectivity index (χ1n) is 7.88. The molecule has 2 aromatic rings. The fraction of sp³-hybridized carbons (Fsp3) is 0.600. The summed E-state index contributed by atoms with van der Waals surface area (Å²) in [6.07, 6.45) is 3.83. The first-order valence-corrected chi connectivity index (χ1v) is 8.76. The molecule has 0 saturated carbocycles. The zero-order valence-corrected chi connectivity index (χ0v) is 14.3. The average Bonchev–Trinajstić information content (AvgIpc) is 3.15. The van der Waals surface area contributed by atoms with Crippen LogP contribution in [0.1, 0.15) is 34.0 Å². The maximum Gasteiger partial charge on any atom is 0.273 e. The Morgan fingerprint density at radius 2 is 2.22 bits per heavy atom. The fourth-order valence-electron chi connectivity index (χ4n) is 2.84. The third-order valence-electron chi connectivity index (χ3n) is 4.15. The second-order valence-electron chi connectivity index (χ2n) is 6.06. The molecule has 1 aliphatic heterocycles. The molecule has 0 atom stereocenters. The van der Waals surface area contributed by atoms with Crippen molar-refractivity contribution < 1.29 is 4.79 Å². The number of likely N-dealkylation sites (tertiary alicyclic amines) is 1. The van der Waals surface area contributed by atoms with Crippen LogP contribution in [-0.4, -0.2) is 50.4 Å². The normalized spacial score (nSPS) is 16.6. The lowest BCUT2D eigenvalue weighted by molar-refractivity contribution is 0.0930. The van der Waals surface area contributed by atoms with Gasteiger partial charge in [0.2, 0.25) is 0 Å². The van der Waals surface area contributed by atoms with E-state index < -0.39 is 0 Å². The Labute approximate surface area is 139 Å².